The second kappa shape index (κ2) is 19.2. The van der Waals surface area contributed by atoms with Gasteiger partial charge in [0.05, 0.1) is 36.7 Å². The molecule has 1 aromatic rings. The largest absolute Gasteiger partial charge is 0.514 e. The van der Waals surface area contributed by atoms with E-state index >= 15 is 4.39 Å². The number of nitrogens with zero attached hydrogens (tertiary/aromatic N) is 2. The molecule has 332 valence electrons. The normalized spacial score (nSPS) is 31.1. The molecule has 0 aliphatic heterocycles. The van der Waals surface area contributed by atoms with Gasteiger partial charge in [-0.2, -0.15) is 0 Å². The van der Waals surface area contributed by atoms with E-state index in [9.17, 15) is 29.1 Å². The number of carbonyl (C=O) groups is 5. The summed E-state index contributed by atoms with van der Waals surface area (Å²) in [5.41, 5.74) is 0.253. The zero-order valence-corrected chi connectivity index (χ0v) is 33.7. The number of aliphatic hydroxyl groups is 1. The average Bonchev–Trinajstić information content (AvgIpc) is 3.40. The van der Waals surface area contributed by atoms with E-state index in [2.05, 4.69) is 9.68 Å². The SMILES string of the molecule is C[C@@H]1CC2C3CCC4=CC(=O)C=C[C@]4(C)[C@@]3(F)[C@@H](O)C[C@]2(C)[C@@]1(OC(=O)CCCON(O)O)C(=O)COC(=O)Oc1ccc(C[C@H](N)C(=O)OCCCCON(O)O)cc1. The molecule has 20 heteroatoms. The first-order valence-electron chi connectivity index (χ1n) is 19.8. The van der Waals surface area contributed by atoms with Crippen molar-refractivity contribution in [3.63, 3.8) is 0 Å². The fraction of sp³-hybridized carbons (Fsp3) is 0.625. The van der Waals surface area contributed by atoms with E-state index in [-0.39, 0.29) is 69.9 Å². The molecule has 2 unspecified atom stereocenters. The molecular formula is C40H54FN3O16. The molecule has 9 atom stereocenters. The lowest BCUT2D eigenvalue weighted by atomic mass is 9.44. The lowest BCUT2D eigenvalue weighted by Crippen LogP contribution is -2.70. The number of allylic oxidation sites excluding steroid dienone is 4. The average molecular weight is 852 g/mol. The summed E-state index contributed by atoms with van der Waals surface area (Å²) in [6.07, 6.45) is 2.33. The van der Waals surface area contributed by atoms with E-state index in [4.69, 9.17) is 45.5 Å². The van der Waals surface area contributed by atoms with Crippen LogP contribution in [0.4, 0.5) is 9.18 Å². The second-order valence-electron chi connectivity index (χ2n) is 16.3. The van der Waals surface area contributed by atoms with Crippen LogP contribution in [-0.4, -0.2) is 116 Å². The van der Waals surface area contributed by atoms with Gasteiger partial charge in [-0.3, -0.25) is 49.7 Å². The summed E-state index contributed by atoms with van der Waals surface area (Å²) >= 11 is 0. The Morgan fingerprint density at radius 1 is 0.950 bits per heavy atom. The molecule has 60 heavy (non-hydrogen) atoms. The van der Waals surface area contributed by atoms with Crippen molar-refractivity contribution in [3.05, 3.63) is 53.6 Å². The highest BCUT2D eigenvalue weighted by Crippen LogP contribution is 2.71. The number of ketones is 2. The number of fused-ring (bicyclic) bond motifs is 5. The highest BCUT2D eigenvalue weighted by Gasteiger charge is 2.77. The Kier molecular flexibility index (Phi) is 15.0. The monoisotopic (exact) mass is 851 g/mol. The standard InChI is InChI=1S/C40H54FN3O16/c1-24-19-30-29-13-10-26-21-27(45)14-15-37(26,2)39(29,41)32(46)22-38(30,3)40(24,60-34(48)7-6-18-58-44(53)54)33(47)23-56-36(50)59-28-11-8-25(9-12-28)20-31(42)35(49)55-16-4-5-17-57-43(51)52/h8-9,11-12,14-15,21,24,29-32,46,51-54H,4-7,10,13,16-20,22-23,42H2,1-3H3/t24-,29?,30?,31+,32+,37+,38+,39+,40+/m1/s1. The van der Waals surface area contributed by atoms with Crippen molar-refractivity contribution in [1.82, 2.24) is 10.8 Å². The zero-order valence-electron chi connectivity index (χ0n) is 33.7. The molecule has 0 bridgehead atoms. The van der Waals surface area contributed by atoms with Crippen LogP contribution in [0, 0.1) is 28.6 Å². The third kappa shape index (κ3) is 9.47. The molecule has 0 spiro atoms. The molecule has 4 aliphatic rings. The van der Waals surface area contributed by atoms with E-state index in [0.717, 1.165) is 0 Å². The van der Waals surface area contributed by atoms with Gasteiger partial charge in [-0.05, 0) is 94.1 Å². The number of halogens is 1. The van der Waals surface area contributed by atoms with E-state index in [1.807, 2.05) is 0 Å². The number of aliphatic hydroxyl groups excluding tert-OH is 1. The van der Waals surface area contributed by atoms with Crippen molar-refractivity contribution in [2.24, 2.45) is 34.3 Å². The van der Waals surface area contributed by atoms with Crippen LogP contribution in [0.3, 0.4) is 0 Å². The molecular weight excluding hydrogens is 797 g/mol. The predicted octanol–water partition coefficient (Wildman–Crippen LogP) is 3.67. The van der Waals surface area contributed by atoms with Crippen LogP contribution in [-0.2, 0) is 49.5 Å². The van der Waals surface area contributed by atoms with E-state index < -0.39 is 93.3 Å². The van der Waals surface area contributed by atoms with Crippen molar-refractivity contribution in [1.29, 1.82) is 0 Å². The van der Waals surface area contributed by atoms with Crippen molar-refractivity contribution < 1.29 is 82.9 Å². The zero-order chi connectivity index (χ0) is 44.0. The van der Waals surface area contributed by atoms with Gasteiger partial charge in [-0.15, -0.1) is 0 Å². The highest BCUT2D eigenvalue weighted by atomic mass is 19.1. The second-order valence-corrected chi connectivity index (χ2v) is 16.3. The summed E-state index contributed by atoms with van der Waals surface area (Å²) in [7, 11) is 0. The number of Topliss-reactive ketones (excluding diaryl/α,β-unsaturated/α-hetero) is 1. The number of unbranched alkanes of at least 4 members (excludes halogenated alkanes) is 1. The third-order valence-electron chi connectivity index (χ3n) is 12.8. The number of hydrogen-bond donors (Lipinski definition) is 6. The maximum atomic E-state index is 17.8. The fourth-order valence-electron chi connectivity index (χ4n) is 10.0. The Balaban J connectivity index is 1.26. The van der Waals surface area contributed by atoms with Gasteiger partial charge in [-0.1, -0.05) is 37.6 Å². The molecule has 0 saturated heterocycles. The number of alkyl halides is 1. The molecule has 0 aromatic heterocycles. The summed E-state index contributed by atoms with van der Waals surface area (Å²) in [5.74, 6) is -4.73. The van der Waals surface area contributed by atoms with Gasteiger partial charge in [0.1, 0.15) is 11.8 Å². The number of rotatable bonds is 19. The summed E-state index contributed by atoms with van der Waals surface area (Å²) in [6.45, 7) is 3.85. The Morgan fingerprint density at radius 2 is 1.60 bits per heavy atom. The molecule has 19 nitrogen and oxygen atoms in total. The molecule has 0 radical (unpaired) electrons. The lowest BCUT2D eigenvalue weighted by molar-refractivity contribution is -0.492. The van der Waals surface area contributed by atoms with E-state index in [1.165, 1.54) is 30.4 Å². The maximum absolute atomic E-state index is 17.8. The van der Waals surface area contributed by atoms with Gasteiger partial charge in [0, 0.05) is 29.1 Å². The summed E-state index contributed by atoms with van der Waals surface area (Å²) in [4.78, 5) is 74.5. The Bertz CT molecular complexity index is 1810. The van der Waals surface area contributed by atoms with Gasteiger partial charge >= 0.3 is 18.1 Å². The van der Waals surface area contributed by atoms with Crippen molar-refractivity contribution in [2.45, 2.75) is 102 Å². The minimum absolute atomic E-state index is 0.00307. The molecule has 1 aromatic carbocycles. The summed E-state index contributed by atoms with van der Waals surface area (Å²) in [5, 5.41) is 45.7. The predicted molar refractivity (Wildman–Crippen MR) is 199 cm³/mol. The number of benzene rings is 1. The number of nitrogens with two attached hydrogens (primary N) is 1. The lowest BCUT2D eigenvalue weighted by Gasteiger charge is -2.62. The Morgan fingerprint density at radius 3 is 2.27 bits per heavy atom. The smallest absolute Gasteiger partial charge is 0.465 e. The van der Waals surface area contributed by atoms with Crippen LogP contribution in [0.5, 0.6) is 5.75 Å². The number of hydrogen-bond acceptors (Lipinski definition) is 19. The molecule has 0 heterocycles. The van der Waals surface area contributed by atoms with Crippen LogP contribution >= 0.6 is 0 Å². The molecule has 3 fully saturated rings. The van der Waals surface area contributed by atoms with Crippen LogP contribution in [0.25, 0.3) is 0 Å². The quantitative estimate of drug-likeness (QED) is 0.0381. The molecule has 7 N–H and O–H groups in total. The van der Waals surface area contributed by atoms with Crippen molar-refractivity contribution in [2.75, 3.05) is 26.4 Å². The minimum atomic E-state index is -2.23. The first kappa shape index (κ1) is 46.8. The van der Waals surface area contributed by atoms with Crippen LogP contribution < -0.4 is 10.5 Å². The number of esters is 2. The van der Waals surface area contributed by atoms with Crippen LogP contribution in [0.2, 0.25) is 0 Å². The number of carbonyl (C=O) groups excluding carboxylic acids is 5. The molecule has 4 aliphatic carbocycles. The Labute approximate surface area is 345 Å². The van der Waals surface area contributed by atoms with Gasteiger partial charge in [0.2, 0.25) is 5.78 Å². The van der Waals surface area contributed by atoms with Crippen LogP contribution in [0.15, 0.2) is 48.1 Å². The van der Waals surface area contributed by atoms with Crippen LogP contribution in [0.1, 0.15) is 77.7 Å². The summed E-state index contributed by atoms with van der Waals surface area (Å²) in [6, 6.07) is 4.94. The third-order valence-corrected chi connectivity index (χ3v) is 12.8. The van der Waals surface area contributed by atoms with E-state index in [1.54, 1.807) is 32.9 Å². The Hall–Kier alpha value is -4.22. The fourth-order valence-corrected chi connectivity index (χ4v) is 10.0. The van der Waals surface area contributed by atoms with Crippen molar-refractivity contribution >= 4 is 29.7 Å². The van der Waals surface area contributed by atoms with Gasteiger partial charge in [0.25, 0.3) is 0 Å². The molecule has 3 saturated carbocycles. The maximum Gasteiger partial charge on any atom is 0.514 e. The summed E-state index contributed by atoms with van der Waals surface area (Å²) < 4.78 is 39.7. The van der Waals surface area contributed by atoms with Gasteiger partial charge in [-0.25, -0.2) is 9.18 Å². The topological polar surface area (TPSA) is 274 Å². The van der Waals surface area contributed by atoms with Gasteiger partial charge in [0.15, 0.2) is 23.7 Å². The number of ether oxygens (including phenoxy) is 4. The van der Waals surface area contributed by atoms with E-state index in [0.29, 0.717) is 30.4 Å². The molecule has 0 amide bonds. The first-order chi connectivity index (χ1) is 28.3. The van der Waals surface area contributed by atoms with Gasteiger partial charge < -0.3 is 29.8 Å². The first-order valence-corrected chi connectivity index (χ1v) is 19.8. The minimum Gasteiger partial charge on any atom is -0.465 e. The highest BCUT2D eigenvalue weighted by molar-refractivity contribution is 6.01. The van der Waals surface area contributed by atoms with Crippen molar-refractivity contribution in [3.8, 4) is 5.75 Å². The molecule has 5 rings (SSSR count).